The van der Waals surface area contributed by atoms with Crippen molar-refractivity contribution in [3.63, 3.8) is 0 Å². The molecule has 3 aliphatic heterocycles. The molecule has 1 N–H and O–H groups in total. The molecule has 13 heteroatoms. The van der Waals surface area contributed by atoms with Gasteiger partial charge in [-0.1, -0.05) is 18.2 Å². The highest BCUT2D eigenvalue weighted by atomic mass is 16.5. The number of allylic oxidation sites excluding steroid dienone is 2. The van der Waals surface area contributed by atoms with Crippen LogP contribution in [0.3, 0.4) is 0 Å². The first-order chi connectivity index (χ1) is 22.2. The van der Waals surface area contributed by atoms with Crippen molar-refractivity contribution in [3.8, 4) is 11.6 Å². The zero-order valence-electron chi connectivity index (χ0n) is 25.9. The van der Waals surface area contributed by atoms with Gasteiger partial charge in [0.15, 0.2) is 28.6 Å². The number of amides is 2. The zero-order chi connectivity index (χ0) is 31.8. The number of hydrogen-bond donors (Lipinski definition) is 1. The van der Waals surface area contributed by atoms with Gasteiger partial charge in [-0.15, -0.1) is 0 Å². The van der Waals surface area contributed by atoms with Crippen LogP contribution in [0.1, 0.15) is 50.7 Å². The maximum Gasteiger partial charge on any atom is 0.409 e. The van der Waals surface area contributed by atoms with Crippen molar-refractivity contribution in [2.75, 3.05) is 30.4 Å². The summed E-state index contributed by atoms with van der Waals surface area (Å²) in [5, 5.41) is 3.64. The third kappa shape index (κ3) is 4.44. The monoisotopic (exact) mass is 622 g/mol. The van der Waals surface area contributed by atoms with E-state index in [0.29, 0.717) is 60.5 Å². The van der Waals surface area contributed by atoms with E-state index in [-0.39, 0.29) is 23.0 Å². The second kappa shape index (κ2) is 10.2. The molecule has 1 spiro atoms. The first kappa shape index (κ1) is 28.3. The highest BCUT2D eigenvalue weighted by Gasteiger charge is 2.50. The van der Waals surface area contributed by atoms with Gasteiger partial charge in [0.25, 0.3) is 11.5 Å². The molecule has 0 saturated heterocycles. The maximum atomic E-state index is 13.7. The van der Waals surface area contributed by atoms with E-state index in [9.17, 15) is 14.4 Å². The van der Waals surface area contributed by atoms with E-state index in [2.05, 4.69) is 16.4 Å². The lowest BCUT2D eigenvalue weighted by Gasteiger charge is -2.38. The molecule has 1 fully saturated rings. The summed E-state index contributed by atoms with van der Waals surface area (Å²) in [7, 11) is 1.41. The minimum absolute atomic E-state index is 0.00746. The van der Waals surface area contributed by atoms with Crippen LogP contribution >= 0.6 is 0 Å². The molecule has 8 rings (SSSR count). The van der Waals surface area contributed by atoms with Crippen molar-refractivity contribution in [2.24, 2.45) is 0 Å². The number of nitrogens with zero attached hydrogens (tertiary/aromatic N) is 7. The summed E-state index contributed by atoms with van der Waals surface area (Å²) < 4.78 is 14.3. The molecule has 2 amide bonds. The molecule has 4 aliphatic rings. The lowest BCUT2D eigenvalue weighted by Crippen LogP contribution is -2.53. The SMILES string of the molecule is COC(=O)N1Cc2cc(Nc3ncc4c(=O)n5n(c4n3)-c3ccc4c(n3)N(CCC/C=C\C5)C(=O)C(C)(C)O4)ccc2C2(CC2)C1. The second-order valence-corrected chi connectivity index (χ2v) is 12.9. The van der Waals surface area contributed by atoms with Gasteiger partial charge in [0.2, 0.25) is 5.95 Å². The topological polar surface area (TPSA) is 137 Å². The number of nitrogens with one attached hydrogen (secondary N) is 1. The summed E-state index contributed by atoms with van der Waals surface area (Å²) in [6.07, 6.45) is 8.73. The van der Waals surface area contributed by atoms with Crippen molar-refractivity contribution < 1.29 is 19.1 Å². The first-order valence-corrected chi connectivity index (χ1v) is 15.6. The number of pyridine rings is 1. The van der Waals surface area contributed by atoms with Crippen LogP contribution < -0.4 is 20.5 Å². The molecule has 1 aromatic carbocycles. The fraction of sp³-hybridized carbons (Fsp3) is 0.394. The molecular weight excluding hydrogens is 588 g/mol. The van der Waals surface area contributed by atoms with E-state index in [1.807, 2.05) is 24.3 Å². The minimum Gasteiger partial charge on any atom is -0.474 e. The number of aromatic nitrogens is 5. The predicted molar refractivity (Wildman–Crippen MR) is 170 cm³/mol. The van der Waals surface area contributed by atoms with Gasteiger partial charge >= 0.3 is 6.09 Å². The van der Waals surface area contributed by atoms with Gasteiger partial charge in [-0.3, -0.25) is 14.5 Å². The van der Waals surface area contributed by atoms with Crippen molar-refractivity contribution in [3.05, 3.63) is 70.2 Å². The Morgan fingerprint density at radius 1 is 1.09 bits per heavy atom. The van der Waals surface area contributed by atoms with Gasteiger partial charge in [-0.2, -0.15) is 4.98 Å². The summed E-state index contributed by atoms with van der Waals surface area (Å²) in [5.41, 5.74) is 2.18. The van der Waals surface area contributed by atoms with Crippen LogP contribution in [-0.4, -0.2) is 67.0 Å². The number of carbonyl (C=O) groups excluding carboxylic acids is 2. The molecule has 13 nitrogen and oxygen atoms in total. The molecule has 1 aliphatic carbocycles. The van der Waals surface area contributed by atoms with Gasteiger partial charge in [-0.05, 0) is 74.9 Å². The highest BCUT2D eigenvalue weighted by Crippen LogP contribution is 2.52. The van der Waals surface area contributed by atoms with Crippen LogP contribution in [0.5, 0.6) is 5.75 Å². The van der Waals surface area contributed by atoms with E-state index in [1.54, 1.807) is 45.1 Å². The lowest BCUT2D eigenvalue weighted by molar-refractivity contribution is -0.132. The van der Waals surface area contributed by atoms with E-state index in [1.165, 1.54) is 18.9 Å². The molecule has 46 heavy (non-hydrogen) atoms. The van der Waals surface area contributed by atoms with Crippen molar-refractivity contribution in [2.45, 2.75) is 63.6 Å². The van der Waals surface area contributed by atoms with Crippen LogP contribution in [0.15, 0.2) is 53.5 Å². The predicted octanol–water partition coefficient (Wildman–Crippen LogP) is 4.19. The Balaban J connectivity index is 1.20. The second-order valence-electron chi connectivity index (χ2n) is 12.9. The number of methoxy groups -OCH3 is 1. The third-order valence-corrected chi connectivity index (χ3v) is 9.37. The number of hydrogen-bond acceptors (Lipinski definition) is 9. The summed E-state index contributed by atoms with van der Waals surface area (Å²) >= 11 is 0. The Morgan fingerprint density at radius 2 is 1.93 bits per heavy atom. The number of anilines is 3. The van der Waals surface area contributed by atoms with Gasteiger partial charge in [-0.25, -0.2) is 24.1 Å². The van der Waals surface area contributed by atoms with Crippen molar-refractivity contribution >= 4 is 40.5 Å². The van der Waals surface area contributed by atoms with Crippen molar-refractivity contribution in [1.82, 2.24) is 29.2 Å². The highest BCUT2D eigenvalue weighted by molar-refractivity contribution is 6.01. The molecular formula is C33H34N8O5. The zero-order valence-corrected chi connectivity index (χ0v) is 25.9. The average Bonchev–Trinajstić information content (AvgIpc) is 3.75. The van der Waals surface area contributed by atoms with E-state index < -0.39 is 5.60 Å². The summed E-state index contributed by atoms with van der Waals surface area (Å²) in [5.74, 6) is 1.49. The van der Waals surface area contributed by atoms with E-state index in [4.69, 9.17) is 19.4 Å². The Bertz CT molecular complexity index is 2020. The normalized spacial score (nSPS) is 19.8. The van der Waals surface area contributed by atoms with Crippen molar-refractivity contribution in [1.29, 1.82) is 0 Å². The number of rotatable bonds is 2. The smallest absolute Gasteiger partial charge is 0.409 e. The lowest BCUT2D eigenvalue weighted by atomic mass is 9.87. The largest absolute Gasteiger partial charge is 0.474 e. The van der Waals surface area contributed by atoms with E-state index in [0.717, 1.165) is 36.9 Å². The molecule has 6 heterocycles. The molecule has 0 radical (unpaired) electrons. The quantitative estimate of drug-likeness (QED) is 0.326. The summed E-state index contributed by atoms with van der Waals surface area (Å²) in [6, 6.07) is 9.71. The number of benzene rings is 1. The van der Waals surface area contributed by atoms with Gasteiger partial charge in [0.1, 0.15) is 5.39 Å². The van der Waals surface area contributed by atoms with Gasteiger partial charge in [0.05, 0.1) is 13.7 Å². The standard InChI is InChI=1S/C33H34N8O5/c1-32(2)29(43)39-14-6-4-5-7-15-40-28(42)22-17-34-30(37-26(22)41(40)25-11-10-24(46-32)27(39)36-25)35-21-8-9-23-20(16-21)18-38(31(44)45-3)19-33(23)12-13-33/h5,7-11,16-17H,4,6,12-15,18-19H2,1-3H3,(H,34,35,37)/b7-5-. The molecule has 2 bridgehead atoms. The average molecular weight is 623 g/mol. The Hall–Kier alpha value is -5.20. The molecule has 4 aromatic rings. The van der Waals surface area contributed by atoms with Crippen LogP contribution in [-0.2, 0) is 28.0 Å². The molecule has 236 valence electrons. The van der Waals surface area contributed by atoms with Crippen LogP contribution in [0.4, 0.5) is 22.2 Å². The van der Waals surface area contributed by atoms with E-state index >= 15 is 0 Å². The first-order valence-electron chi connectivity index (χ1n) is 15.6. The maximum absolute atomic E-state index is 13.7. The molecule has 1 saturated carbocycles. The third-order valence-electron chi connectivity index (χ3n) is 9.37. The minimum atomic E-state index is -1.02. The van der Waals surface area contributed by atoms with Gasteiger partial charge in [0, 0.05) is 36.9 Å². The van der Waals surface area contributed by atoms with Crippen LogP contribution in [0.2, 0.25) is 0 Å². The molecule has 3 aromatic heterocycles. The summed E-state index contributed by atoms with van der Waals surface area (Å²) in [4.78, 5) is 57.1. The van der Waals surface area contributed by atoms with Gasteiger partial charge < -0.3 is 19.7 Å². The number of ether oxygens (including phenoxy) is 2. The Labute approximate surface area is 264 Å². The number of fused-ring (bicyclic) bond motifs is 7. The van der Waals surface area contributed by atoms with Crippen LogP contribution in [0.25, 0.3) is 16.9 Å². The van der Waals surface area contributed by atoms with Crippen LogP contribution in [0, 0.1) is 0 Å². The fourth-order valence-electron chi connectivity index (χ4n) is 6.91. The summed E-state index contributed by atoms with van der Waals surface area (Å²) in [6.45, 7) is 5.44. The molecule has 0 atom stereocenters. The fourth-order valence-corrected chi connectivity index (χ4v) is 6.91. The number of carbonyl (C=O) groups is 2. The Kier molecular flexibility index (Phi) is 6.25. The Morgan fingerprint density at radius 3 is 2.74 bits per heavy atom. The molecule has 0 unspecified atom stereocenters.